The molecule has 0 bridgehead atoms. The van der Waals surface area contributed by atoms with Gasteiger partial charge in [-0.3, -0.25) is 9.59 Å². The molecule has 0 aromatic heterocycles. The van der Waals surface area contributed by atoms with Gasteiger partial charge in [0.05, 0.1) is 11.6 Å². The quantitative estimate of drug-likeness (QED) is 0.754. The molecule has 3 heterocycles. The predicted molar refractivity (Wildman–Crippen MR) is 110 cm³/mol. The summed E-state index contributed by atoms with van der Waals surface area (Å²) < 4.78 is 27.5. The number of carbonyl (C=O) groups excluding carboxylic acids is 2. The largest absolute Gasteiger partial charge is 0.505 e. The van der Waals surface area contributed by atoms with E-state index in [9.17, 15) is 23.5 Å². The fourth-order valence-corrected chi connectivity index (χ4v) is 4.59. The number of aliphatic hydroxyl groups excluding tert-OH is 1. The molecule has 2 N–H and O–H groups in total. The number of rotatable bonds is 5. The molecule has 2 fully saturated rings. The Labute approximate surface area is 179 Å². The van der Waals surface area contributed by atoms with Crippen LogP contribution >= 0.6 is 0 Å². The van der Waals surface area contributed by atoms with E-state index < -0.39 is 17.5 Å². The zero-order valence-electron chi connectivity index (χ0n) is 17.5. The molecule has 0 spiro atoms. The van der Waals surface area contributed by atoms with Gasteiger partial charge in [-0.15, -0.1) is 0 Å². The first-order valence-electron chi connectivity index (χ1n) is 10.6. The Bertz CT molecular complexity index is 1040. The molecule has 1 atom stereocenters. The van der Waals surface area contributed by atoms with Crippen LogP contribution in [0, 0.1) is 11.6 Å². The van der Waals surface area contributed by atoms with Crippen molar-refractivity contribution in [3.8, 4) is 0 Å². The Balaban J connectivity index is 1.70. The average Bonchev–Trinajstić information content (AvgIpc) is 3.16. The van der Waals surface area contributed by atoms with E-state index in [1.807, 2.05) is 13.8 Å². The number of hydrogen-bond acceptors (Lipinski definition) is 4. The number of allylic oxidation sites excluding steroid dienone is 3. The molecular formula is C23H25F2N3O3. The molecule has 0 saturated carbocycles. The number of piperazine rings is 1. The number of nitrogens with one attached hydrogen (secondary N) is 1. The molecule has 3 aliphatic heterocycles. The number of carbonyl (C=O) groups is 2. The Kier molecular flexibility index (Phi) is 5.56. The standard InChI is InChI=1S/C23H25F2N3O3/c1-3-6-15-18(22(30)26-11-13-7-5-8-16(24)19(13)25)17-10-9-14-12-27(4-2)23(31)20(21(15)29)28(14)17/h5-8,14,29H,3-4,9-12H2,1-2H3,(H,26,30)/b15-6+. The van der Waals surface area contributed by atoms with Crippen molar-refractivity contribution in [3.63, 3.8) is 0 Å². The Morgan fingerprint density at radius 3 is 2.81 bits per heavy atom. The number of likely N-dealkylation sites (N-methyl/N-ethyl adjacent to an activating group) is 1. The van der Waals surface area contributed by atoms with Gasteiger partial charge in [-0.1, -0.05) is 25.1 Å². The van der Waals surface area contributed by atoms with E-state index in [0.29, 0.717) is 42.8 Å². The third-order valence-corrected chi connectivity index (χ3v) is 6.06. The topological polar surface area (TPSA) is 72.9 Å². The van der Waals surface area contributed by atoms with Crippen LogP contribution in [-0.2, 0) is 16.1 Å². The first kappa shape index (κ1) is 21.1. The maximum absolute atomic E-state index is 14.0. The van der Waals surface area contributed by atoms with Crippen molar-refractivity contribution in [3.05, 3.63) is 69.8 Å². The monoisotopic (exact) mass is 429 g/mol. The highest BCUT2D eigenvalue weighted by atomic mass is 19.2. The smallest absolute Gasteiger partial charge is 0.274 e. The molecule has 6 nitrogen and oxygen atoms in total. The zero-order valence-corrected chi connectivity index (χ0v) is 17.5. The van der Waals surface area contributed by atoms with Crippen molar-refractivity contribution in [2.45, 2.75) is 45.7 Å². The van der Waals surface area contributed by atoms with E-state index in [1.165, 1.54) is 12.1 Å². The number of amides is 2. The summed E-state index contributed by atoms with van der Waals surface area (Å²) in [7, 11) is 0. The molecule has 8 heteroatoms. The summed E-state index contributed by atoms with van der Waals surface area (Å²) in [6, 6.07) is 3.80. The van der Waals surface area contributed by atoms with E-state index in [0.717, 1.165) is 12.5 Å². The van der Waals surface area contributed by atoms with Crippen molar-refractivity contribution in [2.24, 2.45) is 0 Å². The SMILES string of the molecule is CC/C=C1/C(O)=C2C(=O)N(CC)CC3CCC(=C1C(=O)NCc1cccc(F)c1F)N23. The van der Waals surface area contributed by atoms with Gasteiger partial charge < -0.3 is 20.2 Å². The van der Waals surface area contributed by atoms with Crippen molar-refractivity contribution >= 4 is 11.8 Å². The second kappa shape index (κ2) is 8.17. The van der Waals surface area contributed by atoms with Crippen LogP contribution in [0.5, 0.6) is 0 Å². The van der Waals surface area contributed by atoms with E-state index in [2.05, 4.69) is 5.32 Å². The molecule has 2 saturated heterocycles. The fourth-order valence-electron chi connectivity index (χ4n) is 4.59. The van der Waals surface area contributed by atoms with Gasteiger partial charge in [0, 0.05) is 36.5 Å². The van der Waals surface area contributed by atoms with Crippen LogP contribution in [0.3, 0.4) is 0 Å². The minimum Gasteiger partial charge on any atom is -0.505 e. The lowest BCUT2D eigenvalue weighted by molar-refractivity contribution is -0.132. The summed E-state index contributed by atoms with van der Waals surface area (Å²) in [5, 5.41) is 13.7. The van der Waals surface area contributed by atoms with Crippen LogP contribution in [0.25, 0.3) is 0 Å². The van der Waals surface area contributed by atoms with Crippen LogP contribution in [0.2, 0.25) is 0 Å². The van der Waals surface area contributed by atoms with Crippen molar-refractivity contribution < 1.29 is 23.5 Å². The van der Waals surface area contributed by atoms with E-state index in [1.54, 1.807) is 15.9 Å². The molecule has 0 aliphatic carbocycles. The summed E-state index contributed by atoms with van der Waals surface area (Å²) in [4.78, 5) is 29.7. The van der Waals surface area contributed by atoms with Crippen LogP contribution in [0.4, 0.5) is 8.78 Å². The first-order valence-corrected chi connectivity index (χ1v) is 10.6. The maximum Gasteiger partial charge on any atom is 0.274 e. The highest BCUT2D eigenvalue weighted by molar-refractivity contribution is 6.04. The molecule has 3 aliphatic rings. The summed E-state index contributed by atoms with van der Waals surface area (Å²) in [6.45, 7) is 4.65. The Morgan fingerprint density at radius 2 is 2.10 bits per heavy atom. The summed E-state index contributed by atoms with van der Waals surface area (Å²) in [5.74, 6) is -2.92. The number of aliphatic hydroxyl groups is 1. The van der Waals surface area contributed by atoms with Crippen molar-refractivity contribution in [1.29, 1.82) is 0 Å². The Hall–Kier alpha value is -3.16. The number of halogens is 2. The third kappa shape index (κ3) is 3.40. The lowest BCUT2D eigenvalue weighted by Gasteiger charge is -2.42. The fraction of sp³-hybridized carbons (Fsp3) is 0.391. The molecule has 164 valence electrons. The van der Waals surface area contributed by atoms with Crippen LogP contribution in [0.1, 0.15) is 38.7 Å². The van der Waals surface area contributed by atoms with E-state index in [4.69, 9.17) is 0 Å². The molecular weight excluding hydrogens is 404 g/mol. The molecule has 0 radical (unpaired) electrons. The highest BCUT2D eigenvalue weighted by Gasteiger charge is 2.48. The first-order chi connectivity index (χ1) is 14.9. The predicted octanol–water partition coefficient (Wildman–Crippen LogP) is 3.28. The van der Waals surface area contributed by atoms with Gasteiger partial charge >= 0.3 is 0 Å². The minimum absolute atomic E-state index is 0.00330. The second-order valence-electron chi connectivity index (χ2n) is 7.85. The van der Waals surface area contributed by atoms with Gasteiger partial charge in [-0.25, -0.2) is 8.78 Å². The zero-order chi connectivity index (χ0) is 22.3. The highest BCUT2D eigenvalue weighted by Crippen LogP contribution is 2.45. The summed E-state index contributed by atoms with van der Waals surface area (Å²) in [5.41, 5.74) is 1.55. The molecule has 31 heavy (non-hydrogen) atoms. The summed E-state index contributed by atoms with van der Waals surface area (Å²) in [6.07, 6.45) is 3.61. The van der Waals surface area contributed by atoms with Crippen LogP contribution < -0.4 is 5.32 Å². The normalized spacial score (nSPS) is 21.9. The van der Waals surface area contributed by atoms with E-state index in [-0.39, 0.29) is 35.5 Å². The molecule has 1 aromatic rings. The Morgan fingerprint density at radius 1 is 1.32 bits per heavy atom. The molecule has 1 aromatic carbocycles. The van der Waals surface area contributed by atoms with Gasteiger partial charge in [0.1, 0.15) is 0 Å². The van der Waals surface area contributed by atoms with Crippen LogP contribution in [-0.4, -0.2) is 45.9 Å². The second-order valence-corrected chi connectivity index (χ2v) is 7.85. The third-order valence-electron chi connectivity index (χ3n) is 6.06. The maximum atomic E-state index is 14.0. The molecule has 4 rings (SSSR count). The van der Waals surface area contributed by atoms with Gasteiger partial charge in [0.15, 0.2) is 23.1 Å². The number of benzene rings is 1. The van der Waals surface area contributed by atoms with Crippen LogP contribution in [0.15, 0.2) is 52.6 Å². The van der Waals surface area contributed by atoms with Gasteiger partial charge in [0.2, 0.25) is 0 Å². The summed E-state index contributed by atoms with van der Waals surface area (Å²) >= 11 is 0. The van der Waals surface area contributed by atoms with Gasteiger partial charge in [0.25, 0.3) is 11.8 Å². The van der Waals surface area contributed by atoms with Crippen molar-refractivity contribution in [1.82, 2.24) is 15.1 Å². The van der Waals surface area contributed by atoms with E-state index >= 15 is 0 Å². The average molecular weight is 429 g/mol. The minimum atomic E-state index is -0.999. The number of hydrogen-bond donors (Lipinski definition) is 2. The van der Waals surface area contributed by atoms with Gasteiger partial charge in [-0.2, -0.15) is 0 Å². The van der Waals surface area contributed by atoms with Crippen molar-refractivity contribution in [2.75, 3.05) is 13.1 Å². The lowest BCUT2D eigenvalue weighted by atomic mass is 9.92. The van der Waals surface area contributed by atoms with Gasteiger partial charge in [-0.05, 0) is 32.3 Å². The number of nitrogens with zero attached hydrogens (tertiary/aromatic N) is 2. The lowest BCUT2D eigenvalue weighted by Crippen LogP contribution is -2.53. The molecule has 2 amide bonds. The molecule has 1 unspecified atom stereocenters.